The summed E-state index contributed by atoms with van der Waals surface area (Å²) in [6, 6.07) is 11.4. The maximum atomic E-state index is 13.0. The van der Waals surface area contributed by atoms with Crippen molar-refractivity contribution in [2.24, 2.45) is 0 Å². The molecule has 7 heteroatoms. The monoisotopic (exact) mass is 470 g/mol. The van der Waals surface area contributed by atoms with Crippen LogP contribution < -0.4 is 4.74 Å². The lowest BCUT2D eigenvalue weighted by Gasteiger charge is -2.23. The molecule has 0 radical (unpaired) electrons. The Morgan fingerprint density at radius 1 is 1.29 bits per heavy atom. The standard InChI is InChI=1S/C28H30N4O3/c1-7-8-9-23(32-17-20-11-10-19(16-29)15-22(20)30-32)25-21-12-13-31(27(33)35-28(3,4)5)26(21)18(2)14-24(25)34-6/h7,10-15,17,23H,1,8-9H2,2-6H3. The highest BCUT2D eigenvalue weighted by Crippen LogP contribution is 2.40. The van der Waals surface area contributed by atoms with Gasteiger partial charge in [0.2, 0.25) is 0 Å². The fourth-order valence-corrected chi connectivity index (χ4v) is 4.45. The first-order valence-electron chi connectivity index (χ1n) is 11.6. The van der Waals surface area contributed by atoms with Gasteiger partial charge in [0.25, 0.3) is 0 Å². The van der Waals surface area contributed by atoms with E-state index in [4.69, 9.17) is 14.6 Å². The quantitative estimate of drug-likeness (QED) is 0.300. The first-order chi connectivity index (χ1) is 16.7. The number of carbonyl (C=O) groups is 1. The highest BCUT2D eigenvalue weighted by molar-refractivity contribution is 5.95. The molecule has 0 saturated heterocycles. The van der Waals surface area contributed by atoms with E-state index in [1.165, 1.54) is 0 Å². The molecule has 0 aliphatic carbocycles. The van der Waals surface area contributed by atoms with Crippen LogP contribution in [0.2, 0.25) is 0 Å². The number of allylic oxidation sites excluding steroid dienone is 1. The topological polar surface area (TPSA) is 82.1 Å². The Morgan fingerprint density at radius 2 is 2.06 bits per heavy atom. The smallest absolute Gasteiger partial charge is 0.419 e. The Bertz CT molecular complexity index is 1460. The Balaban J connectivity index is 1.93. The van der Waals surface area contributed by atoms with Crippen LogP contribution >= 0.6 is 0 Å². The number of nitrogens with zero attached hydrogens (tertiary/aromatic N) is 4. The Hall–Kier alpha value is -4.05. The van der Waals surface area contributed by atoms with E-state index < -0.39 is 11.7 Å². The summed E-state index contributed by atoms with van der Waals surface area (Å²) >= 11 is 0. The van der Waals surface area contributed by atoms with Crippen LogP contribution in [0.15, 0.2) is 55.4 Å². The Morgan fingerprint density at radius 3 is 2.71 bits per heavy atom. The Kier molecular flexibility index (Phi) is 6.40. The van der Waals surface area contributed by atoms with Gasteiger partial charge in [-0.2, -0.15) is 10.4 Å². The van der Waals surface area contributed by atoms with Crippen molar-refractivity contribution in [2.75, 3.05) is 7.11 Å². The summed E-state index contributed by atoms with van der Waals surface area (Å²) < 4.78 is 15.0. The zero-order valence-corrected chi connectivity index (χ0v) is 20.8. The van der Waals surface area contributed by atoms with E-state index in [0.717, 1.165) is 51.5 Å². The second-order valence-electron chi connectivity index (χ2n) is 9.61. The number of rotatable bonds is 6. The lowest BCUT2D eigenvalue weighted by Crippen LogP contribution is -2.26. The van der Waals surface area contributed by atoms with Crippen LogP contribution in [0.3, 0.4) is 0 Å². The van der Waals surface area contributed by atoms with Gasteiger partial charge in [-0.3, -0.25) is 9.25 Å². The van der Waals surface area contributed by atoms with E-state index in [9.17, 15) is 10.1 Å². The summed E-state index contributed by atoms with van der Waals surface area (Å²) in [7, 11) is 1.65. The highest BCUT2D eigenvalue weighted by atomic mass is 16.6. The van der Waals surface area contributed by atoms with Crippen molar-refractivity contribution in [3.63, 3.8) is 0 Å². The van der Waals surface area contributed by atoms with Crippen LogP contribution in [0.25, 0.3) is 21.8 Å². The van der Waals surface area contributed by atoms with Crippen LogP contribution in [0.4, 0.5) is 4.79 Å². The van der Waals surface area contributed by atoms with Crippen LogP contribution in [-0.4, -0.2) is 33.2 Å². The van der Waals surface area contributed by atoms with Crippen LogP contribution in [0.5, 0.6) is 5.75 Å². The fourth-order valence-electron chi connectivity index (χ4n) is 4.45. The van der Waals surface area contributed by atoms with Crippen molar-refractivity contribution in [3.05, 3.63) is 72.1 Å². The average molecular weight is 471 g/mol. The van der Waals surface area contributed by atoms with Crippen LogP contribution in [0.1, 0.15) is 56.3 Å². The third-order valence-electron chi connectivity index (χ3n) is 5.92. The maximum Gasteiger partial charge on any atom is 0.419 e. The molecule has 0 amide bonds. The van der Waals surface area contributed by atoms with E-state index in [0.29, 0.717) is 5.56 Å². The van der Waals surface area contributed by atoms with Crippen molar-refractivity contribution in [1.29, 1.82) is 5.26 Å². The molecule has 0 bridgehead atoms. The third-order valence-corrected chi connectivity index (χ3v) is 5.92. The number of nitriles is 1. The minimum Gasteiger partial charge on any atom is -0.496 e. The van der Waals surface area contributed by atoms with E-state index in [2.05, 4.69) is 12.6 Å². The maximum absolute atomic E-state index is 13.0. The predicted octanol–water partition coefficient (Wildman–Crippen LogP) is 6.52. The van der Waals surface area contributed by atoms with Gasteiger partial charge in [0.05, 0.1) is 35.8 Å². The second-order valence-corrected chi connectivity index (χ2v) is 9.61. The number of benzene rings is 2. The van der Waals surface area contributed by atoms with E-state index in [-0.39, 0.29) is 6.04 Å². The molecule has 2 aromatic heterocycles. The number of aromatic nitrogens is 3. The fraction of sp³-hybridized carbons (Fsp3) is 0.321. The van der Waals surface area contributed by atoms with Gasteiger partial charge >= 0.3 is 6.09 Å². The van der Waals surface area contributed by atoms with Crippen LogP contribution in [0, 0.1) is 18.3 Å². The summed E-state index contributed by atoms with van der Waals surface area (Å²) in [5.41, 5.74) is 3.33. The molecule has 0 aliphatic rings. The minimum atomic E-state index is -0.610. The van der Waals surface area contributed by atoms with Crippen molar-refractivity contribution in [2.45, 2.75) is 52.2 Å². The lowest BCUT2D eigenvalue weighted by atomic mass is 9.95. The number of hydrogen-bond acceptors (Lipinski definition) is 5. The number of carbonyl (C=O) groups excluding carboxylic acids is 1. The van der Waals surface area contributed by atoms with Gasteiger partial charge in [-0.25, -0.2) is 4.79 Å². The first-order valence-corrected chi connectivity index (χ1v) is 11.6. The summed E-state index contributed by atoms with van der Waals surface area (Å²) in [6.45, 7) is 11.4. The van der Waals surface area contributed by atoms with Gasteiger partial charge < -0.3 is 9.47 Å². The molecule has 4 aromatic rings. The summed E-state index contributed by atoms with van der Waals surface area (Å²) in [6.07, 6.45) is 6.68. The normalized spacial score (nSPS) is 12.5. The summed E-state index contributed by atoms with van der Waals surface area (Å²) in [4.78, 5) is 13.0. The molecule has 0 aliphatic heterocycles. The highest BCUT2D eigenvalue weighted by Gasteiger charge is 2.27. The van der Waals surface area contributed by atoms with Crippen molar-refractivity contribution >= 4 is 27.9 Å². The minimum absolute atomic E-state index is 0.182. The molecule has 2 aromatic carbocycles. The SMILES string of the molecule is C=CCCC(c1c(OC)cc(C)c2c1ccn2C(=O)OC(C)(C)C)n1cc2ccc(C#N)cc2n1. The Labute approximate surface area is 205 Å². The molecule has 0 N–H and O–H groups in total. The van der Waals surface area contributed by atoms with Gasteiger partial charge in [0, 0.05) is 28.7 Å². The predicted molar refractivity (Wildman–Crippen MR) is 137 cm³/mol. The first kappa shape index (κ1) is 24.1. The van der Waals surface area contributed by atoms with Crippen molar-refractivity contribution in [3.8, 4) is 11.8 Å². The summed E-state index contributed by atoms with van der Waals surface area (Å²) in [5, 5.41) is 16.0. The van der Waals surface area contributed by atoms with Gasteiger partial charge in [-0.1, -0.05) is 6.08 Å². The molecule has 0 spiro atoms. The number of hydrogen-bond donors (Lipinski definition) is 0. The number of methoxy groups -OCH3 is 1. The van der Waals surface area contributed by atoms with Crippen molar-refractivity contribution < 1.29 is 14.3 Å². The molecule has 2 heterocycles. The second kappa shape index (κ2) is 9.30. The van der Waals surface area contributed by atoms with E-state index >= 15 is 0 Å². The molecule has 1 unspecified atom stereocenters. The number of aryl methyl sites for hydroxylation is 1. The van der Waals surface area contributed by atoms with Gasteiger partial charge in [-0.15, -0.1) is 6.58 Å². The van der Waals surface area contributed by atoms with Gasteiger partial charge in [-0.05, 0) is 76.4 Å². The molecule has 4 rings (SSSR count). The molecular formula is C28H30N4O3. The molecular weight excluding hydrogens is 440 g/mol. The molecule has 1 atom stereocenters. The van der Waals surface area contributed by atoms with E-state index in [1.54, 1.807) is 30.0 Å². The average Bonchev–Trinajstić information content (AvgIpc) is 3.43. The third kappa shape index (κ3) is 4.65. The van der Waals surface area contributed by atoms with Crippen molar-refractivity contribution in [1.82, 2.24) is 14.3 Å². The zero-order valence-electron chi connectivity index (χ0n) is 20.8. The van der Waals surface area contributed by atoms with Gasteiger partial charge in [0.1, 0.15) is 11.4 Å². The van der Waals surface area contributed by atoms with Gasteiger partial charge in [0.15, 0.2) is 0 Å². The molecule has 35 heavy (non-hydrogen) atoms. The molecule has 7 nitrogen and oxygen atoms in total. The zero-order chi connectivity index (χ0) is 25.3. The molecule has 0 fully saturated rings. The van der Waals surface area contributed by atoms with E-state index in [1.807, 2.05) is 62.8 Å². The van der Waals surface area contributed by atoms with Crippen LogP contribution in [-0.2, 0) is 4.74 Å². The molecule has 180 valence electrons. The lowest BCUT2D eigenvalue weighted by molar-refractivity contribution is 0.0544. The molecule has 0 saturated carbocycles. The number of ether oxygens (including phenoxy) is 2. The number of fused-ring (bicyclic) bond motifs is 2. The largest absolute Gasteiger partial charge is 0.496 e. The summed E-state index contributed by atoms with van der Waals surface area (Å²) in [5.74, 6) is 0.725.